The standard InChI is InChI=1S/C33H43N5O3S/c1-23(24-8-3-2-4-9-24)34-32(40)30-26-10-5-6-11-28(26)35-31(29-12-7-21-42-29)27(30)22-36-17-19-38(20-18-36)33(41)37-15-13-25(39)14-16-37/h5-7,10-12,21,23-25,39H,2-4,8-9,13-20,22H2,1H3,(H,34,40). The Labute approximate surface area is 252 Å². The lowest BCUT2D eigenvalue weighted by Crippen LogP contribution is -2.54. The Bertz CT molecular complexity index is 1370. The van der Waals surface area contributed by atoms with Crippen LogP contribution in [0.3, 0.4) is 0 Å². The number of carbonyl (C=O) groups is 2. The fraction of sp³-hybridized carbons (Fsp3) is 0.545. The number of piperazine rings is 1. The minimum atomic E-state index is -0.295. The lowest BCUT2D eigenvalue weighted by Gasteiger charge is -2.39. The van der Waals surface area contributed by atoms with E-state index in [4.69, 9.17) is 4.98 Å². The highest BCUT2D eigenvalue weighted by Crippen LogP contribution is 2.34. The van der Waals surface area contributed by atoms with Crippen molar-refractivity contribution in [3.8, 4) is 10.6 Å². The first-order valence-electron chi connectivity index (χ1n) is 15.7. The first kappa shape index (κ1) is 29.1. The van der Waals surface area contributed by atoms with Gasteiger partial charge >= 0.3 is 6.03 Å². The summed E-state index contributed by atoms with van der Waals surface area (Å²) in [5.41, 5.74) is 3.41. The number of aliphatic hydroxyl groups excluding tert-OH is 1. The van der Waals surface area contributed by atoms with Gasteiger partial charge in [-0.25, -0.2) is 9.78 Å². The molecular weight excluding hydrogens is 546 g/mol. The summed E-state index contributed by atoms with van der Waals surface area (Å²) >= 11 is 1.65. The van der Waals surface area contributed by atoms with Crippen molar-refractivity contribution in [1.82, 2.24) is 25.0 Å². The van der Waals surface area contributed by atoms with Gasteiger partial charge < -0.3 is 20.2 Å². The number of benzene rings is 1. The lowest BCUT2D eigenvalue weighted by molar-refractivity contribution is 0.0701. The zero-order valence-electron chi connectivity index (χ0n) is 24.6. The Balaban J connectivity index is 1.26. The van der Waals surface area contributed by atoms with Crippen LogP contribution in [0.1, 0.15) is 67.8 Å². The molecule has 1 atom stereocenters. The van der Waals surface area contributed by atoms with Gasteiger partial charge in [0.15, 0.2) is 0 Å². The number of hydrogen-bond donors (Lipinski definition) is 2. The average Bonchev–Trinajstić information content (AvgIpc) is 3.56. The molecule has 0 spiro atoms. The molecule has 3 aliphatic rings. The van der Waals surface area contributed by atoms with Crippen molar-refractivity contribution in [2.45, 2.75) is 70.6 Å². The van der Waals surface area contributed by atoms with Crippen molar-refractivity contribution < 1.29 is 14.7 Å². The molecule has 224 valence electrons. The van der Waals surface area contributed by atoms with E-state index in [1.807, 2.05) is 40.1 Å². The van der Waals surface area contributed by atoms with E-state index >= 15 is 0 Å². The number of para-hydroxylation sites is 1. The molecule has 3 amide bonds. The van der Waals surface area contributed by atoms with Crippen molar-refractivity contribution in [3.05, 3.63) is 52.9 Å². The maximum Gasteiger partial charge on any atom is 0.320 e. The number of fused-ring (bicyclic) bond motifs is 1. The summed E-state index contributed by atoms with van der Waals surface area (Å²) in [5.74, 6) is 0.505. The molecule has 3 aromatic rings. The van der Waals surface area contributed by atoms with E-state index in [-0.39, 0.29) is 24.1 Å². The number of nitrogens with one attached hydrogen (secondary N) is 1. The molecule has 1 aliphatic carbocycles. The lowest BCUT2D eigenvalue weighted by atomic mass is 9.84. The fourth-order valence-corrected chi connectivity index (χ4v) is 7.63. The monoisotopic (exact) mass is 589 g/mol. The molecule has 2 N–H and O–H groups in total. The van der Waals surface area contributed by atoms with Crippen LogP contribution >= 0.6 is 11.3 Å². The van der Waals surface area contributed by atoms with E-state index in [0.717, 1.165) is 45.7 Å². The van der Waals surface area contributed by atoms with Crippen molar-refractivity contribution in [2.24, 2.45) is 5.92 Å². The maximum absolute atomic E-state index is 14.2. The number of urea groups is 1. The van der Waals surface area contributed by atoms with Crippen molar-refractivity contribution in [1.29, 1.82) is 0 Å². The van der Waals surface area contributed by atoms with Crippen LogP contribution in [0.4, 0.5) is 4.79 Å². The molecule has 2 saturated heterocycles. The Morgan fingerprint density at radius 2 is 1.67 bits per heavy atom. The van der Waals surface area contributed by atoms with Crippen molar-refractivity contribution in [3.63, 3.8) is 0 Å². The van der Waals surface area contributed by atoms with E-state index in [0.29, 0.717) is 51.5 Å². The van der Waals surface area contributed by atoms with Crippen molar-refractivity contribution >= 4 is 34.2 Å². The maximum atomic E-state index is 14.2. The van der Waals surface area contributed by atoms with E-state index in [1.165, 1.54) is 32.1 Å². The number of amides is 3. The Kier molecular flexibility index (Phi) is 9.07. The Morgan fingerprint density at radius 3 is 2.38 bits per heavy atom. The number of aromatic nitrogens is 1. The van der Waals surface area contributed by atoms with E-state index in [1.54, 1.807) is 11.3 Å². The first-order chi connectivity index (χ1) is 20.5. The smallest absolute Gasteiger partial charge is 0.320 e. The Morgan fingerprint density at radius 1 is 0.952 bits per heavy atom. The minimum absolute atomic E-state index is 0.0134. The average molecular weight is 590 g/mol. The van der Waals surface area contributed by atoms with Crippen LogP contribution in [0.5, 0.6) is 0 Å². The summed E-state index contributed by atoms with van der Waals surface area (Å²) in [7, 11) is 0. The normalized spacial score (nSPS) is 20.1. The van der Waals surface area contributed by atoms with Crippen molar-refractivity contribution in [2.75, 3.05) is 39.3 Å². The number of carbonyl (C=O) groups excluding carboxylic acids is 2. The van der Waals surface area contributed by atoms with Gasteiger partial charge in [0, 0.05) is 62.8 Å². The molecule has 1 saturated carbocycles. The molecule has 0 radical (unpaired) electrons. The molecule has 6 rings (SSSR count). The molecule has 2 aromatic heterocycles. The van der Waals surface area contributed by atoms with E-state index < -0.39 is 0 Å². The summed E-state index contributed by atoms with van der Waals surface area (Å²) < 4.78 is 0. The van der Waals surface area contributed by atoms with Gasteiger partial charge in [-0.15, -0.1) is 11.3 Å². The third-order valence-corrected chi connectivity index (χ3v) is 10.3. The van der Waals surface area contributed by atoms with Gasteiger partial charge in [0.2, 0.25) is 0 Å². The van der Waals surface area contributed by atoms with Crippen LogP contribution in [0, 0.1) is 5.92 Å². The molecule has 9 heteroatoms. The highest BCUT2D eigenvalue weighted by Gasteiger charge is 2.31. The van der Waals surface area contributed by atoms with Crippen LogP contribution in [0.15, 0.2) is 41.8 Å². The SMILES string of the molecule is CC(NC(=O)c1c(CN2CCN(C(=O)N3CCC(O)CC3)CC2)c(-c2cccs2)nc2ccccc12)C1CCCCC1. The van der Waals surface area contributed by atoms with E-state index in [9.17, 15) is 14.7 Å². The molecular formula is C33H43N5O3S. The van der Waals surface area contributed by atoms with E-state index in [2.05, 4.69) is 28.6 Å². The quantitative estimate of drug-likeness (QED) is 0.404. The van der Waals surface area contributed by atoms with Gasteiger partial charge in [-0.2, -0.15) is 0 Å². The fourth-order valence-electron chi connectivity index (χ4n) is 6.89. The van der Waals surface area contributed by atoms with Crippen LogP contribution in [0.2, 0.25) is 0 Å². The molecule has 2 aliphatic heterocycles. The number of nitrogens with zero attached hydrogens (tertiary/aromatic N) is 4. The van der Waals surface area contributed by atoms with Gasteiger partial charge in [0.05, 0.1) is 27.8 Å². The molecule has 1 aromatic carbocycles. The molecule has 3 fully saturated rings. The minimum Gasteiger partial charge on any atom is -0.393 e. The number of thiophene rings is 1. The molecule has 8 nitrogen and oxygen atoms in total. The Hall–Kier alpha value is -3.01. The summed E-state index contributed by atoms with van der Waals surface area (Å²) in [5, 5.41) is 16.2. The predicted octanol–water partition coefficient (Wildman–Crippen LogP) is 5.36. The highest BCUT2D eigenvalue weighted by atomic mass is 32.1. The number of likely N-dealkylation sites (tertiary alicyclic amines) is 1. The number of hydrogen-bond acceptors (Lipinski definition) is 6. The number of pyridine rings is 1. The number of rotatable bonds is 6. The molecule has 42 heavy (non-hydrogen) atoms. The molecule has 1 unspecified atom stereocenters. The first-order valence-corrected chi connectivity index (χ1v) is 16.6. The largest absolute Gasteiger partial charge is 0.393 e. The van der Waals surface area contributed by atoms with Gasteiger partial charge in [-0.1, -0.05) is 43.5 Å². The van der Waals surface area contributed by atoms with Gasteiger partial charge in [0.25, 0.3) is 5.91 Å². The summed E-state index contributed by atoms with van der Waals surface area (Å²) in [4.78, 5) is 39.7. The molecule has 4 heterocycles. The summed E-state index contributed by atoms with van der Waals surface area (Å²) in [6.07, 6.45) is 7.12. The van der Waals surface area contributed by atoms with Crippen LogP contribution < -0.4 is 5.32 Å². The zero-order valence-corrected chi connectivity index (χ0v) is 25.5. The zero-order chi connectivity index (χ0) is 29.1. The third-order valence-electron chi connectivity index (χ3n) is 9.45. The number of aliphatic hydroxyl groups is 1. The number of piperidine rings is 1. The van der Waals surface area contributed by atoms with Crippen LogP contribution in [-0.4, -0.2) is 88.1 Å². The van der Waals surface area contributed by atoms with Crippen LogP contribution in [0.25, 0.3) is 21.5 Å². The topological polar surface area (TPSA) is 89.0 Å². The summed E-state index contributed by atoms with van der Waals surface area (Å²) in [6.45, 7) is 6.76. The molecule has 0 bridgehead atoms. The second-order valence-corrected chi connectivity index (χ2v) is 13.2. The predicted molar refractivity (Wildman–Crippen MR) is 168 cm³/mol. The second-order valence-electron chi connectivity index (χ2n) is 12.2. The summed E-state index contributed by atoms with van der Waals surface area (Å²) in [6, 6.07) is 12.3. The third kappa shape index (κ3) is 6.33. The highest BCUT2D eigenvalue weighted by molar-refractivity contribution is 7.13. The van der Waals surface area contributed by atoms with Gasteiger partial charge in [-0.3, -0.25) is 9.69 Å². The van der Waals surface area contributed by atoms with Gasteiger partial charge in [0.1, 0.15) is 0 Å². The van der Waals surface area contributed by atoms with Gasteiger partial charge in [-0.05, 0) is 56.0 Å². The second kappa shape index (κ2) is 13.1. The van der Waals surface area contributed by atoms with Crippen LogP contribution in [-0.2, 0) is 6.54 Å².